The summed E-state index contributed by atoms with van der Waals surface area (Å²) in [6, 6.07) is 7.85. The lowest BCUT2D eigenvalue weighted by molar-refractivity contribution is -0.142. The molecule has 1 aromatic carbocycles. The number of anilines is 1. The zero-order chi connectivity index (χ0) is 18.6. The Hall–Kier alpha value is -2.63. The molecule has 2 aromatic rings. The lowest BCUT2D eigenvalue weighted by atomic mass is 10.0. The predicted octanol–water partition coefficient (Wildman–Crippen LogP) is 3.73. The number of aromatic nitrogens is 2. The standard InChI is InChI=1S/C19H25N3O3/c1-12(2)14-8-7-9-15(10-14)25-18-16(13(3)19(23)24-6)17(22(4)5)20-11-21-18/h7-13H,1-6H3. The molecule has 0 N–H and O–H groups in total. The lowest BCUT2D eigenvalue weighted by Crippen LogP contribution is -2.19. The molecule has 1 unspecified atom stereocenters. The van der Waals surface area contributed by atoms with E-state index in [0.29, 0.717) is 28.9 Å². The van der Waals surface area contributed by atoms with E-state index in [0.717, 1.165) is 0 Å². The van der Waals surface area contributed by atoms with Crippen LogP contribution in [0.15, 0.2) is 30.6 Å². The molecule has 0 spiro atoms. The van der Waals surface area contributed by atoms with Crippen LogP contribution in [0.25, 0.3) is 0 Å². The van der Waals surface area contributed by atoms with Crippen molar-refractivity contribution in [2.24, 2.45) is 0 Å². The molecule has 6 heteroatoms. The molecule has 134 valence electrons. The SMILES string of the molecule is COC(=O)C(C)c1c(Oc2cccc(C(C)C)c2)ncnc1N(C)C. The molecule has 25 heavy (non-hydrogen) atoms. The summed E-state index contributed by atoms with van der Waals surface area (Å²) in [5.41, 5.74) is 1.77. The highest BCUT2D eigenvalue weighted by Crippen LogP contribution is 2.35. The smallest absolute Gasteiger partial charge is 0.313 e. The van der Waals surface area contributed by atoms with Crippen LogP contribution in [-0.4, -0.2) is 37.1 Å². The fraction of sp³-hybridized carbons (Fsp3) is 0.421. The van der Waals surface area contributed by atoms with Crippen molar-refractivity contribution in [2.75, 3.05) is 26.1 Å². The van der Waals surface area contributed by atoms with Crippen molar-refractivity contribution in [3.8, 4) is 11.6 Å². The molecule has 1 aromatic heterocycles. The highest BCUT2D eigenvalue weighted by Gasteiger charge is 2.27. The third-order valence-corrected chi connectivity index (χ3v) is 3.98. The zero-order valence-electron chi connectivity index (χ0n) is 15.6. The minimum Gasteiger partial charge on any atom is -0.469 e. The van der Waals surface area contributed by atoms with Crippen molar-refractivity contribution >= 4 is 11.8 Å². The van der Waals surface area contributed by atoms with Crippen molar-refractivity contribution < 1.29 is 14.3 Å². The van der Waals surface area contributed by atoms with E-state index in [2.05, 4.69) is 29.9 Å². The number of hydrogen-bond acceptors (Lipinski definition) is 6. The summed E-state index contributed by atoms with van der Waals surface area (Å²) in [6.07, 6.45) is 1.43. The first-order chi connectivity index (χ1) is 11.8. The van der Waals surface area contributed by atoms with Gasteiger partial charge in [0.2, 0.25) is 5.88 Å². The van der Waals surface area contributed by atoms with Gasteiger partial charge in [0.15, 0.2) is 0 Å². The average molecular weight is 343 g/mol. The maximum absolute atomic E-state index is 12.1. The van der Waals surface area contributed by atoms with Gasteiger partial charge >= 0.3 is 5.97 Å². The van der Waals surface area contributed by atoms with Crippen LogP contribution in [0.5, 0.6) is 11.6 Å². The highest BCUT2D eigenvalue weighted by molar-refractivity contribution is 5.80. The molecule has 6 nitrogen and oxygen atoms in total. The number of ether oxygens (including phenoxy) is 2. The molecule has 1 heterocycles. The first kappa shape index (κ1) is 18.7. The molecule has 0 aliphatic rings. The number of carbonyl (C=O) groups is 1. The monoisotopic (exact) mass is 343 g/mol. The number of hydrogen-bond donors (Lipinski definition) is 0. The fourth-order valence-electron chi connectivity index (χ4n) is 2.53. The highest BCUT2D eigenvalue weighted by atomic mass is 16.5. The van der Waals surface area contributed by atoms with Crippen LogP contribution in [0.3, 0.4) is 0 Å². The van der Waals surface area contributed by atoms with Crippen molar-refractivity contribution in [3.05, 3.63) is 41.7 Å². The van der Waals surface area contributed by atoms with E-state index in [-0.39, 0.29) is 5.97 Å². The molecule has 0 amide bonds. The zero-order valence-corrected chi connectivity index (χ0v) is 15.6. The number of methoxy groups -OCH3 is 1. The number of nitrogens with zero attached hydrogens (tertiary/aromatic N) is 3. The van der Waals surface area contributed by atoms with Crippen LogP contribution in [0.1, 0.15) is 43.7 Å². The van der Waals surface area contributed by atoms with Crippen molar-refractivity contribution in [3.63, 3.8) is 0 Å². The molecule has 2 rings (SSSR count). The third-order valence-electron chi connectivity index (χ3n) is 3.98. The molecule has 0 radical (unpaired) electrons. The maximum Gasteiger partial charge on any atom is 0.313 e. The Morgan fingerprint density at radius 1 is 1.16 bits per heavy atom. The van der Waals surface area contributed by atoms with Crippen molar-refractivity contribution in [1.82, 2.24) is 9.97 Å². The number of esters is 1. The predicted molar refractivity (Wildman–Crippen MR) is 97.4 cm³/mol. The van der Waals surface area contributed by atoms with Crippen LogP contribution >= 0.6 is 0 Å². The summed E-state index contributed by atoms with van der Waals surface area (Å²) in [7, 11) is 5.09. The van der Waals surface area contributed by atoms with Gasteiger partial charge in [-0.3, -0.25) is 4.79 Å². The fourth-order valence-corrected chi connectivity index (χ4v) is 2.53. The molecule has 1 atom stereocenters. The second kappa shape index (κ2) is 7.96. The summed E-state index contributed by atoms with van der Waals surface area (Å²) in [5.74, 6) is 1.14. The maximum atomic E-state index is 12.1. The van der Waals surface area contributed by atoms with Gasteiger partial charge in [-0.05, 0) is 30.5 Å². The van der Waals surface area contributed by atoms with Crippen LogP contribution in [0, 0.1) is 0 Å². The average Bonchev–Trinajstić information content (AvgIpc) is 2.60. The first-order valence-electron chi connectivity index (χ1n) is 8.23. The molecule has 0 saturated carbocycles. The van der Waals surface area contributed by atoms with Gasteiger partial charge in [-0.25, -0.2) is 9.97 Å². The lowest BCUT2D eigenvalue weighted by Gasteiger charge is -2.21. The second-order valence-corrected chi connectivity index (χ2v) is 6.38. The Kier molecular flexibility index (Phi) is 5.96. The van der Waals surface area contributed by atoms with E-state index in [9.17, 15) is 4.79 Å². The normalized spacial score (nSPS) is 12.0. The van der Waals surface area contributed by atoms with Crippen molar-refractivity contribution in [2.45, 2.75) is 32.6 Å². The van der Waals surface area contributed by atoms with Gasteiger partial charge in [-0.2, -0.15) is 0 Å². The Labute approximate surface area is 148 Å². The Bertz CT molecular complexity index is 744. The third kappa shape index (κ3) is 4.26. The van der Waals surface area contributed by atoms with Crippen LogP contribution in [-0.2, 0) is 9.53 Å². The quantitative estimate of drug-likeness (QED) is 0.745. The Balaban J connectivity index is 2.48. The molecule has 0 bridgehead atoms. The van der Waals surface area contributed by atoms with Gasteiger partial charge in [0, 0.05) is 14.1 Å². The van der Waals surface area contributed by atoms with E-state index in [4.69, 9.17) is 9.47 Å². The topological polar surface area (TPSA) is 64.5 Å². The Morgan fingerprint density at radius 2 is 1.88 bits per heavy atom. The minimum atomic E-state index is -0.549. The number of benzene rings is 1. The molecular formula is C19H25N3O3. The minimum absolute atomic E-state index is 0.359. The first-order valence-corrected chi connectivity index (χ1v) is 8.23. The van der Waals surface area contributed by atoms with Gasteiger partial charge in [0.25, 0.3) is 0 Å². The number of carbonyl (C=O) groups excluding carboxylic acids is 1. The molecular weight excluding hydrogens is 318 g/mol. The second-order valence-electron chi connectivity index (χ2n) is 6.38. The van der Waals surface area contributed by atoms with Gasteiger partial charge in [0.05, 0.1) is 18.6 Å². The summed E-state index contributed by atoms with van der Waals surface area (Å²) in [4.78, 5) is 22.5. The van der Waals surface area contributed by atoms with E-state index < -0.39 is 5.92 Å². The Morgan fingerprint density at radius 3 is 2.48 bits per heavy atom. The largest absolute Gasteiger partial charge is 0.469 e. The summed E-state index contributed by atoms with van der Waals surface area (Å²) < 4.78 is 10.9. The molecule has 0 aliphatic carbocycles. The van der Waals surface area contributed by atoms with Gasteiger partial charge in [-0.15, -0.1) is 0 Å². The van der Waals surface area contributed by atoms with Crippen LogP contribution in [0.2, 0.25) is 0 Å². The molecule has 0 aliphatic heterocycles. The van der Waals surface area contributed by atoms with Gasteiger partial charge in [0.1, 0.15) is 17.9 Å². The van der Waals surface area contributed by atoms with Crippen LogP contribution in [0.4, 0.5) is 5.82 Å². The summed E-state index contributed by atoms with van der Waals surface area (Å²) in [6.45, 7) is 6.01. The van der Waals surface area contributed by atoms with E-state index in [1.165, 1.54) is 19.0 Å². The van der Waals surface area contributed by atoms with Gasteiger partial charge in [-0.1, -0.05) is 26.0 Å². The van der Waals surface area contributed by atoms with E-state index in [1.54, 1.807) is 6.92 Å². The van der Waals surface area contributed by atoms with Gasteiger partial charge < -0.3 is 14.4 Å². The van der Waals surface area contributed by atoms with E-state index in [1.807, 2.05) is 37.2 Å². The summed E-state index contributed by atoms with van der Waals surface area (Å²) >= 11 is 0. The molecule has 0 saturated heterocycles. The molecule has 0 fully saturated rings. The van der Waals surface area contributed by atoms with E-state index >= 15 is 0 Å². The van der Waals surface area contributed by atoms with Crippen molar-refractivity contribution in [1.29, 1.82) is 0 Å². The summed E-state index contributed by atoms with van der Waals surface area (Å²) in [5, 5.41) is 0. The number of rotatable bonds is 6. The van der Waals surface area contributed by atoms with Crippen LogP contribution < -0.4 is 9.64 Å².